The SMILES string of the molecule is O=C(O)[14C@@H]1[14CH2]Cc2ccccc2O1. The van der Waals surface area contributed by atoms with E-state index in [2.05, 4.69) is 0 Å². The lowest BCUT2D eigenvalue weighted by Gasteiger charge is -2.22. The van der Waals surface area contributed by atoms with E-state index < -0.39 is 12.1 Å². The summed E-state index contributed by atoms with van der Waals surface area (Å²) in [5, 5.41) is 8.74. The number of aliphatic carboxylic acids is 1. The highest BCUT2D eigenvalue weighted by atomic mass is 16.7. The van der Waals surface area contributed by atoms with Crippen molar-refractivity contribution in [3.8, 4) is 5.75 Å². The highest BCUT2D eigenvalue weighted by molar-refractivity contribution is 5.73. The van der Waals surface area contributed by atoms with E-state index in [1.165, 1.54) is 0 Å². The van der Waals surface area contributed by atoms with E-state index in [0.717, 1.165) is 12.0 Å². The zero-order valence-electron chi connectivity index (χ0n) is 7.06. The molecule has 1 N–H and O–H groups in total. The van der Waals surface area contributed by atoms with Gasteiger partial charge in [-0.25, -0.2) is 4.79 Å². The van der Waals surface area contributed by atoms with Crippen molar-refractivity contribution in [3.05, 3.63) is 29.8 Å². The minimum Gasteiger partial charge on any atom is -0.479 e. The summed E-state index contributed by atoms with van der Waals surface area (Å²) in [5.41, 5.74) is 1.10. The van der Waals surface area contributed by atoms with Crippen LogP contribution < -0.4 is 4.74 Å². The van der Waals surface area contributed by atoms with E-state index in [1.54, 1.807) is 0 Å². The van der Waals surface area contributed by atoms with Crippen LogP contribution in [0.2, 0.25) is 0 Å². The second-order valence-corrected chi connectivity index (χ2v) is 3.09. The molecule has 3 nitrogen and oxygen atoms in total. The molecule has 0 radical (unpaired) electrons. The Morgan fingerprint density at radius 3 is 3.08 bits per heavy atom. The summed E-state index contributed by atoms with van der Waals surface area (Å²) in [6.07, 6.45) is 0.675. The molecule has 3 heteroatoms. The van der Waals surface area contributed by atoms with E-state index in [1.807, 2.05) is 24.3 Å². The molecular weight excluding hydrogens is 172 g/mol. The summed E-state index contributed by atoms with van der Waals surface area (Å²) in [5.74, 6) is -0.171. The fraction of sp³-hybridized carbons (Fsp3) is 0.300. The van der Waals surface area contributed by atoms with Gasteiger partial charge in [0.25, 0.3) is 0 Å². The molecule has 2 rings (SSSR count). The molecule has 1 aromatic rings. The Balaban J connectivity index is 2.24. The van der Waals surface area contributed by atoms with Crippen LogP contribution >= 0.6 is 0 Å². The third-order valence-electron chi connectivity index (χ3n) is 2.19. The predicted molar refractivity (Wildman–Crippen MR) is 46.8 cm³/mol. The fourth-order valence-electron chi connectivity index (χ4n) is 1.50. The molecule has 0 unspecified atom stereocenters. The number of hydrogen-bond donors (Lipinski definition) is 1. The number of para-hydroxylation sites is 1. The standard InChI is InChI=1S/C10H10O3/c11-10(12)9-6-5-7-3-1-2-4-8(7)13-9/h1-4,9H,5-6H2,(H,11,12)/t9-/m0/s1/i6+2,9+2. The van der Waals surface area contributed by atoms with Crippen LogP contribution in [0.1, 0.15) is 12.0 Å². The van der Waals surface area contributed by atoms with Gasteiger partial charge in [-0.3, -0.25) is 0 Å². The van der Waals surface area contributed by atoms with Gasteiger partial charge < -0.3 is 9.84 Å². The van der Waals surface area contributed by atoms with Crippen molar-refractivity contribution in [2.24, 2.45) is 0 Å². The maximum absolute atomic E-state index is 10.6. The molecule has 1 aromatic carbocycles. The molecule has 1 aliphatic heterocycles. The second kappa shape index (κ2) is 3.09. The van der Waals surface area contributed by atoms with Crippen LogP contribution in [-0.2, 0) is 11.2 Å². The zero-order chi connectivity index (χ0) is 9.26. The predicted octanol–water partition coefficient (Wildman–Crippen LogP) is 1.46. The van der Waals surface area contributed by atoms with Gasteiger partial charge in [0.1, 0.15) is 5.75 Å². The van der Waals surface area contributed by atoms with E-state index >= 15 is 0 Å². The molecular formula is C10H10O3. The summed E-state index contributed by atoms with van der Waals surface area (Å²) in [6.45, 7) is 0. The number of carboxylic acids is 1. The molecule has 0 spiro atoms. The van der Waals surface area contributed by atoms with Gasteiger partial charge in [-0.05, 0) is 24.5 Å². The molecule has 0 aromatic heterocycles. The summed E-state index contributed by atoms with van der Waals surface area (Å²) >= 11 is 0. The molecule has 68 valence electrons. The molecule has 0 fully saturated rings. The average Bonchev–Trinajstić information content (AvgIpc) is 2.17. The lowest BCUT2D eigenvalue weighted by molar-refractivity contribution is -0.145. The Kier molecular flexibility index (Phi) is 1.93. The van der Waals surface area contributed by atoms with Crippen LogP contribution in [0.15, 0.2) is 24.3 Å². The number of aryl methyl sites for hydroxylation is 1. The Hall–Kier alpha value is -1.51. The molecule has 1 aliphatic rings. The Morgan fingerprint density at radius 2 is 2.31 bits per heavy atom. The largest absolute Gasteiger partial charge is 0.479 e. The number of carbonyl (C=O) groups is 1. The Bertz CT molecular complexity index is 333. The Morgan fingerprint density at radius 1 is 1.54 bits per heavy atom. The number of benzene rings is 1. The highest BCUT2D eigenvalue weighted by Crippen LogP contribution is 2.26. The third-order valence-corrected chi connectivity index (χ3v) is 2.19. The van der Waals surface area contributed by atoms with Crippen LogP contribution in [0.3, 0.4) is 0 Å². The van der Waals surface area contributed by atoms with Crippen LogP contribution in [0.4, 0.5) is 0 Å². The van der Waals surface area contributed by atoms with Crippen molar-refractivity contribution in [2.45, 2.75) is 18.9 Å². The minimum atomic E-state index is -0.880. The first-order chi connectivity index (χ1) is 6.27. The number of carboxylic acid groups (broad SMARTS) is 1. The van der Waals surface area contributed by atoms with E-state index in [4.69, 9.17) is 9.84 Å². The first kappa shape index (κ1) is 8.10. The maximum Gasteiger partial charge on any atom is 0.344 e. The Labute approximate surface area is 76.0 Å². The summed E-state index contributed by atoms with van der Waals surface area (Å²) in [6, 6.07) is 7.56. The van der Waals surface area contributed by atoms with Crippen molar-refractivity contribution >= 4 is 5.97 Å². The third kappa shape index (κ3) is 1.49. The first-order valence-corrected chi connectivity index (χ1v) is 4.25. The van der Waals surface area contributed by atoms with Crippen molar-refractivity contribution in [2.75, 3.05) is 0 Å². The zero-order valence-corrected chi connectivity index (χ0v) is 7.06. The van der Waals surface area contributed by atoms with Gasteiger partial charge in [-0.1, -0.05) is 18.2 Å². The molecule has 0 bridgehead atoms. The average molecular weight is 182 g/mol. The summed E-state index contributed by atoms with van der Waals surface area (Å²) in [7, 11) is 0. The molecule has 0 amide bonds. The maximum atomic E-state index is 10.6. The molecule has 1 heterocycles. The van der Waals surface area contributed by atoms with E-state index in [-0.39, 0.29) is 0 Å². The van der Waals surface area contributed by atoms with Gasteiger partial charge in [-0.2, -0.15) is 0 Å². The number of hydrogen-bond acceptors (Lipinski definition) is 2. The first-order valence-electron chi connectivity index (χ1n) is 4.25. The van der Waals surface area contributed by atoms with Crippen LogP contribution in [0, 0.1) is 0 Å². The molecule has 0 saturated carbocycles. The van der Waals surface area contributed by atoms with Gasteiger partial charge in [0.15, 0.2) is 6.10 Å². The van der Waals surface area contributed by atoms with E-state index in [9.17, 15) is 4.79 Å². The fourth-order valence-corrected chi connectivity index (χ4v) is 1.50. The monoisotopic (exact) mass is 182 g/mol. The number of fused-ring (bicyclic) bond motifs is 1. The minimum absolute atomic E-state index is 0.562. The molecule has 0 saturated heterocycles. The van der Waals surface area contributed by atoms with Gasteiger partial charge >= 0.3 is 5.97 Å². The topological polar surface area (TPSA) is 46.5 Å². The quantitative estimate of drug-likeness (QED) is 0.715. The van der Waals surface area contributed by atoms with Crippen LogP contribution in [-0.4, -0.2) is 17.2 Å². The second-order valence-electron chi connectivity index (χ2n) is 3.09. The van der Waals surface area contributed by atoms with Gasteiger partial charge in [-0.15, -0.1) is 0 Å². The number of rotatable bonds is 1. The van der Waals surface area contributed by atoms with Gasteiger partial charge in [0.2, 0.25) is 0 Å². The van der Waals surface area contributed by atoms with Crippen molar-refractivity contribution in [1.82, 2.24) is 0 Å². The summed E-state index contributed by atoms with van der Waals surface area (Å²) < 4.78 is 5.29. The van der Waals surface area contributed by atoms with Gasteiger partial charge in [0, 0.05) is 0 Å². The number of ether oxygens (including phenoxy) is 1. The van der Waals surface area contributed by atoms with Crippen molar-refractivity contribution < 1.29 is 14.6 Å². The van der Waals surface area contributed by atoms with Crippen LogP contribution in [0.25, 0.3) is 0 Å². The van der Waals surface area contributed by atoms with Crippen molar-refractivity contribution in [3.63, 3.8) is 0 Å². The highest BCUT2D eigenvalue weighted by Gasteiger charge is 2.24. The van der Waals surface area contributed by atoms with E-state index in [0.29, 0.717) is 12.2 Å². The van der Waals surface area contributed by atoms with Crippen molar-refractivity contribution in [1.29, 1.82) is 0 Å². The molecule has 13 heavy (non-hydrogen) atoms. The van der Waals surface area contributed by atoms with Crippen LogP contribution in [0.5, 0.6) is 5.75 Å². The smallest absolute Gasteiger partial charge is 0.344 e. The van der Waals surface area contributed by atoms with Gasteiger partial charge in [0.05, 0.1) is 0 Å². The molecule has 0 aliphatic carbocycles. The summed E-state index contributed by atoms with van der Waals surface area (Å²) in [4.78, 5) is 10.6. The normalized spacial score (nSPS) is 20.2. The lowest BCUT2D eigenvalue weighted by atomic mass is 10.2. The lowest BCUT2D eigenvalue weighted by Crippen LogP contribution is -2.30. The molecule has 1 atom stereocenters.